The summed E-state index contributed by atoms with van der Waals surface area (Å²) in [7, 11) is 0. The van der Waals surface area contributed by atoms with Gasteiger partial charge in [-0.15, -0.1) is 12.3 Å². The largest absolute Gasteiger partial charge is 0.369 e. The van der Waals surface area contributed by atoms with E-state index in [2.05, 4.69) is 17.8 Å². The van der Waals surface area contributed by atoms with Gasteiger partial charge < -0.3 is 5.11 Å². The number of terminal acetylenes is 1. The summed E-state index contributed by atoms with van der Waals surface area (Å²) in [5, 5.41) is 11.2. The molecular weight excluding hydrogens is 280 g/mol. The van der Waals surface area contributed by atoms with Crippen molar-refractivity contribution in [3.8, 4) is 24.2 Å². The Morgan fingerprint density at radius 3 is 1.83 bits per heavy atom. The third kappa shape index (κ3) is 4.75. The lowest BCUT2D eigenvalue weighted by atomic mass is 9.87. The molecule has 0 aromatic heterocycles. The van der Waals surface area contributed by atoms with Crippen molar-refractivity contribution in [2.45, 2.75) is 37.7 Å². The van der Waals surface area contributed by atoms with E-state index in [-0.39, 0.29) is 0 Å². The molecule has 0 bridgehead atoms. The van der Waals surface area contributed by atoms with Gasteiger partial charge in [0.25, 0.3) is 0 Å². The van der Waals surface area contributed by atoms with E-state index in [4.69, 9.17) is 6.42 Å². The third-order valence-electron chi connectivity index (χ3n) is 3.78. The molecule has 2 aromatic carbocycles. The van der Waals surface area contributed by atoms with Crippen molar-refractivity contribution in [3.05, 3.63) is 71.8 Å². The molecule has 0 aliphatic rings. The fraction of sp³-hybridized carbons (Fsp3) is 0.273. The van der Waals surface area contributed by atoms with E-state index < -0.39 is 5.60 Å². The van der Waals surface area contributed by atoms with E-state index >= 15 is 0 Å². The van der Waals surface area contributed by atoms with E-state index in [1.54, 1.807) is 0 Å². The van der Waals surface area contributed by atoms with Gasteiger partial charge in [-0.05, 0) is 12.8 Å². The molecule has 0 saturated heterocycles. The second-order valence-corrected chi connectivity index (χ2v) is 5.51. The number of unbranched alkanes of at least 4 members (excludes halogenated alkanes) is 4. The first-order valence-corrected chi connectivity index (χ1v) is 8.04. The Balaban J connectivity index is 2.15. The molecule has 116 valence electrons. The Morgan fingerprint density at radius 2 is 1.30 bits per heavy atom. The molecule has 1 nitrogen and oxygen atoms in total. The van der Waals surface area contributed by atoms with Crippen molar-refractivity contribution in [2.75, 3.05) is 0 Å². The zero-order valence-electron chi connectivity index (χ0n) is 13.3. The van der Waals surface area contributed by atoms with Crippen LogP contribution in [-0.2, 0) is 5.60 Å². The van der Waals surface area contributed by atoms with Crippen LogP contribution in [0.3, 0.4) is 0 Å². The summed E-state index contributed by atoms with van der Waals surface area (Å²) in [5.74, 6) is 8.88. The first-order valence-electron chi connectivity index (χ1n) is 8.04. The van der Waals surface area contributed by atoms with E-state index in [1.165, 1.54) is 0 Å². The van der Waals surface area contributed by atoms with E-state index in [1.807, 2.05) is 60.7 Å². The second-order valence-electron chi connectivity index (χ2n) is 5.51. The topological polar surface area (TPSA) is 20.2 Å². The molecule has 0 atom stereocenters. The number of aliphatic hydroxyl groups is 1. The SMILES string of the molecule is C#CCCCCCC#CC(O)(c1ccccc1)c1ccccc1. The standard InChI is InChI=1S/C22H22O/c1-2-3-4-5-6-7-14-19-22(23,20-15-10-8-11-16-20)21-17-12-9-13-18-21/h1,8-13,15-18,23H,3-7H2. The minimum atomic E-state index is -1.26. The van der Waals surface area contributed by atoms with Crippen LogP contribution in [-0.4, -0.2) is 5.11 Å². The van der Waals surface area contributed by atoms with Crippen LogP contribution in [0.4, 0.5) is 0 Å². The number of hydrogen-bond acceptors (Lipinski definition) is 1. The summed E-state index contributed by atoms with van der Waals surface area (Å²) in [6, 6.07) is 19.2. The zero-order chi connectivity index (χ0) is 16.4. The predicted octanol–water partition coefficient (Wildman–Crippen LogP) is 4.51. The molecule has 1 N–H and O–H groups in total. The highest BCUT2D eigenvalue weighted by Gasteiger charge is 2.28. The van der Waals surface area contributed by atoms with Gasteiger partial charge in [0.15, 0.2) is 5.60 Å². The van der Waals surface area contributed by atoms with Crippen LogP contribution in [0, 0.1) is 24.2 Å². The lowest BCUT2D eigenvalue weighted by molar-refractivity contribution is 0.145. The number of rotatable bonds is 6. The minimum Gasteiger partial charge on any atom is -0.369 e. The van der Waals surface area contributed by atoms with E-state index in [9.17, 15) is 5.11 Å². The van der Waals surface area contributed by atoms with Crippen molar-refractivity contribution in [1.29, 1.82) is 0 Å². The summed E-state index contributed by atoms with van der Waals surface area (Å²) in [5.41, 5.74) is 0.332. The monoisotopic (exact) mass is 302 g/mol. The summed E-state index contributed by atoms with van der Waals surface area (Å²) < 4.78 is 0. The maximum Gasteiger partial charge on any atom is 0.176 e. The molecule has 0 spiro atoms. The Labute approximate surface area is 139 Å². The maximum absolute atomic E-state index is 11.2. The molecule has 1 heteroatoms. The summed E-state index contributed by atoms with van der Waals surface area (Å²) >= 11 is 0. The second kappa shape index (κ2) is 8.84. The van der Waals surface area contributed by atoms with Gasteiger partial charge in [-0.25, -0.2) is 0 Å². The third-order valence-corrected chi connectivity index (χ3v) is 3.78. The van der Waals surface area contributed by atoms with Gasteiger partial charge in [-0.2, -0.15) is 0 Å². The fourth-order valence-corrected chi connectivity index (χ4v) is 2.48. The van der Waals surface area contributed by atoms with Crippen LogP contribution >= 0.6 is 0 Å². The first-order chi connectivity index (χ1) is 11.3. The summed E-state index contributed by atoms with van der Waals surface area (Å²) in [6.07, 6.45) is 9.97. The van der Waals surface area contributed by atoms with Gasteiger partial charge >= 0.3 is 0 Å². The van der Waals surface area contributed by atoms with Crippen LogP contribution < -0.4 is 0 Å². The molecule has 0 unspecified atom stereocenters. The molecule has 0 amide bonds. The summed E-state index contributed by atoms with van der Waals surface area (Å²) in [4.78, 5) is 0. The van der Waals surface area contributed by atoms with E-state index in [0.29, 0.717) is 0 Å². The molecular formula is C22H22O. The molecule has 2 rings (SSSR count). The highest BCUT2D eigenvalue weighted by Crippen LogP contribution is 2.28. The predicted molar refractivity (Wildman–Crippen MR) is 95.6 cm³/mol. The average molecular weight is 302 g/mol. The van der Waals surface area contributed by atoms with Crippen molar-refractivity contribution >= 4 is 0 Å². The van der Waals surface area contributed by atoms with Crippen LogP contribution in [0.15, 0.2) is 60.7 Å². The fourth-order valence-electron chi connectivity index (χ4n) is 2.48. The molecule has 0 radical (unpaired) electrons. The van der Waals surface area contributed by atoms with Gasteiger partial charge in [0.05, 0.1) is 0 Å². The van der Waals surface area contributed by atoms with Gasteiger partial charge in [0, 0.05) is 24.0 Å². The molecule has 0 saturated carbocycles. The molecule has 0 heterocycles. The van der Waals surface area contributed by atoms with Crippen LogP contribution in [0.1, 0.15) is 43.2 Å². The molecule has 0 fully saturated rings. The number of benzene rings is 2. The Hall–Kier alpha value is -2.48. The van der Waals surface area contributed by atoms with Crippen molar-refractivity contribution < 1.29 is 5.11 Å². The molecule has 23 heavy (non-hydrogen) atoms. The lowest BCUT2D eigenvalue weighted by Gasteiger charge is -2.23. The molecule has 0 aliphatic heterocycles. The highest BCUT2D eigenvalue weighted by atomic mass is 16.3. The van der Waals surface area contributed by atoms with Crippen LogP contribution in [0.5, 0.6) is 0 Å². The van der Waals surface area contributed by atoms with Gasteiger partial charge in [0.2, 0.25) is 0 Å². The van der Waals surface area contributed by atoms with Crippen molar-refractivity contribution in [1.82, 2.24) is 0 Å². The van der Waals surface area contributed by atoms with Crippen molar-refractivity contribution in [2.24, 2.45) is 0 Å². The zero-order valence-corrected chi connectivity index (χ0v) is 13.3. The Morgan fingerprint density at radius 1 is 0.783 bits per heavy atom. The lowest BCUT2D eigenvalue weighted by Crippen LogP contribution is -2.25. The van der Waals surface area contributed by atoms with E-state index in [0.717, 1.165) is 43.2 Å². The van der Waals surface area contributed by atoms with Gasteiger partial charge in [0.1, 0.15) is 0 Å². The van der Waals surface area contributed by atoms with Crippen LogP contribution in [0.25, 0.3) is 0 Å². The normalized spacial score (nSPS) is 10.4. The quantitative estimate of drug-likeness (QED) is 0.615. The van der Waals surface area contributed by atoms with Gasteiger partial charge in [-0.3, -0.25) is 0 Å². The Kier molecular flexibility index (Phi) is 6.49. The number of hydrogen-bond donors (Lipinski definition) is 1. The maximum atomic E-state index is 11.2. The highest BCUT2D eigenvalue weighted by molar-refractivity contribution is 5.44. The van der Waals surface area contributed by atoms with Crippen LogP contribution in [0.2, 0.25) is 0 Å². The average Bonchev–Trinajstić information content (AvgIpc) is 2.62. The molecule has 2 aromatic rings. The molecule has 0 aliphatic carbocycles. The smallest absolute Gasteiger partial charge is 0.176 e. The minimum absolute atomic E-state index is 0.770. The van der Waals surface area contributed by atoms with Crippen molar-refractivity contribution in [3.63, 3.8) is 0 Å². The first kappa shape index (κ1) is 16.9. The van der Waals surface area contributed by atoms with Gasteiger partial charge in [-0.1, -0.05) is 78.9 Å². The summed E-state index contributed by atoms with van der Waals surface area (Å²) in [6.45, 7) is 0. The Bertz CT molecular complexity index is 644.